The molecule has 1 amide bonds. The molecule has 0 radical (unpaired) electrons. The summed E-state index contributed by atoms with van der Waals surface area (Å²) in [7, 11) is 0. The van der Waals surface area contributed by atoms with E-state index >= 15 is 0 Å². The van der Waals surface area contributed by atoms with Crippen LogP contribution in [0.1, 0.15) is 52.8 Å². The topological polar surface area (TPSA) is 67.3 Å². The average Bonchev–Trinajstić information content (AvgIpc) is 3.09. The van der Waals surface area contributed by atoms with Crippen LogP contribution in [0.5, 0.6) is 5.75 Å². The van der Waals surface area contributed by atoms with E-state index in [9.17, 15) is 4.79 Å². The number of rotatable bonds is 6. The average molecular weight is 425 g/mol. The normalized spacial score (nSPS) is 14.2. The molecule has 6 nitrogen and oxygen atoms in total. The summed E-state index contributed by atoms with van der Waals surface area (Å²) in [5.74, 6) is 2.46. The smallest absolute Gasteiger partial charge is 0.261 e. The lowest BCUT2D eigenvalue weighted by Crippen LogP contribution is -2.30. The summed E-state index contributed by atoms with van der Waals surface area (Å²) in [5, 5.41) is 4.08. The van der Waals surface area contributed by atoms with Gasteiger partial charge in [-0.1, -0.05) is 18.2 Å². The number of aryl methyl sites for hydroxylation is 2. The second-order valence-electron chi connectivity index (χ2n) is 7.60. The highest BCUT2D eigenvalue weighted by Gasteiger charge is 2.23. The summed E-state index contributed by atoms with van der Waals surface area (Å²) in [6, 6.07) is 7.80. The summed E-state index contributed by atoms with van der Waals surface area (Å²) in [6.45, 7) is 8.93. The molecule has 30 heavy (non-hydrogen) atoms. The third-order valence-electron chi connectivity index (χ3n) is 5.46. The van der Waals surface area contributed by atoms with E-state index in [4.69, 9.17) is 9.72 Å². The second-order valence-corrected chi connectivity index (χ2v) is 8.60. The lowest BCUT2D eigenvalue weighted by Gasteiger charge is -2.28. The number of piperidine rings is 1. The second kappa shape index (κ2) is 9.00. The molecule has 0 bridgehead atoms. The Bertz CT molecular complexity index is 1060. The molecule has 1 N–H and O–H groups in total. The van der Waals surface area contributed by atoms with Gasteiger partial charge in [-0.15, -0.1) is 11.3 Å². The number of fused-ring (bicyclic) bond motifs is 1. The maximum atomic E-state index is 13.0. The molecule has 2 aromatic heterocycles. The first-order chi connectivity index (χ1) is 14.6. The number of ether oxygens (including phenoxy) is 1. The summed E-state index contributed by atoms with van der Waals surface area (Å²) in [6.07, 6.45) is 3.63. The van der Waals surface area contributed by atoms with Crippen molar-refractivity contribution in [1.29, 1.82) is 0 Å². The van der Waals surface area contributed by atoms with Gasteiger partial charge in [0, 0.05) is 25.2 Å². The van der Waals surface area contributed by atoms with E-state index in [0.717, 1.165) is 51.8 Å². The number of hydrogen-bond acceptors (Lipinski definition) is 6. The number of nitrogens with one attached hydrogen (secondary N) is 1. The first-order valence-electron chi connectivity index (χ1n) is 10.6. The molecular weight excluding hydrogens is 396 g/mol. The highest BCUT2D eigenvalue weighted by Crippen LogP contribution is 2.36. The Morgan fingerprint density at radius 3 is 2.70 bits per heavy atom. The number of para-hydroxylation sites is 1. The van der Waals surface area contributed by atoms with Crippen molar-refractivity contribution in [2.24, 2.45) is 0 Å². The Labute approximate surface area is 181 Å². The minimum atomic E-state index is -0.0796. The maximum absolute atomic E-state index is 13.0. The van der Waals surface area contributed by atoms with Gasteiger partial charge in [0.15, 0.2) is 0 Å². The van der Waals surface area contributed by atoms with Crippen molar-refractivity contribution >= 4 is 33.3 Å². The van der Waals surface area contributed by atoms with Gasteiger partial charge in [0.05, 0.1) is 16.9 Å². The van der Waals surface area contributed by atoms with Gasteiger partial charge in [-0.25, -0.2) is 9.97 Å². The number of thiophene rings is 1. The van der Waals surface area contributed by atoms with Crippen molar-refractivity contribution in [3.8, 4) is 5.75 Å². The Morgan fingerprint density at radius 1 is 1.17 bits per heavy atom. The summed E-state index contributed by atoms with van der Waals surface area (Å²) >= 11 is 1.45. The number of carbonyl (C=O) groups is 1. The quantitative estimate of drug-likeness (QED) is 0.625. The lowest BCUT2D eigenvalue weighted by molar-refractivity contribution is 0.0954. The zero-order chi connectivity index (χ0) is 21.1. The molecule has 3 heterocycles. The van der Waals surface area contributed by atoms with Crippen molar-refractivity contribution in [2.75, 3.05) is 24.6 Å². The molecule has 1 aromatic carbocycles. The maximum Gasteiger partial charge on any atom is 0.261 e. The van der Waals surface area contributed by atoms with Crippen molar-refractivity contribution in [2.45, 2.75) is 46.6 Å². The molecule has 0 saturated carbocycles. The van der Waals surface area contributed by atoms with Crippen LogP contribution in [0, 0.1) is 13.8 Å². The van der Waals surface area contributed by atoms with Crippen LogP contribution in [-0.2, 0) is 6.54 Å². The summed E-state index contributed by atoms with van der Waals surface area (Å²) in [5.41, 5.74) is 1.93. The van der Waals surface area contributed by atoms with Crippen LogP contribution in [-0.4, -0.2) is 35.6 Å². The Balaban J connectivity index is 1.61. The van der Waals surface area contributed by atoms with E-state index in [2.05, 4.69) is 15.2 Å². The SMILES string of the molecule is CCOc1ccccc1CNC(=O)c1sc2nc(C)nc(N3CCCCC3)c2c1C. The number of anilines is 1. The molecule has 7 heteroatoms. The fraction of sp³-hybridized carbons (Fsp3) is 0.435. The van der Waals surface area contributed by atoms with Gasteiger partial charge in [0.2, 0.25) is 0 Å². The van der Waals surface area contributed by atoms with Crippen molar-refractivity contribution < 1.29 is 9.53 Å². The number of aromatic nitrogens is 2. The summed E-state index contributed by atoms with van der Waals surface area (Å²) < 4.78 is 5.67. The van der Waals surface area contributed by atoms with E-state index in [1.54, 1.807) is 0 Å². The molecule has 4 rings (SSSR count). The molecule has 0 spiro atoms. The standard InChI is InChI=1S/C23H28N4O2S/c1-4-29-18-11-7-6-10-17(18)14-24-22(28)20-15(2)19-21(27-12-8-5-9-13-27)25-16(3)26-23(19)30-20/h6-7,10-11H,4-5,8-9,12-14H2,1-3H3,(H,24,28). The van der Waals surface area contributed by atoms with Crippen molar-refractivity contribution in [3.63, 3.8) is 0 Å². The molecule has 0 aliphatic carbocycles. The van der Waals surface area contributed by atoms with Gasteiger partial charge in [-0.05, 0) is 51.7 Å². The largest absolute Gasteiger partial charge is 0.494 e. The molecule has 1 aliphatic heterocycles. The van der Waals surface area contributed by atoms with E-state index < -0.39 is 0 Å². The van der Waals surface area contributed by atoms with Crippen LogP contribution < -0.4 is 15.0 Å². The molecular formula is C23H28N4O2S. The molecule has 1 fully saturated rings. The van der Waals surface area contributed by atoms with Gasteiger partial charge in [-0.2, -0.15) is 0 Å². The highest BCUT2D eigenvalue weighted by atomic mass is 32.1. The zero-order valence-electron chi connectivity index (χ0n) is 17.8. The molecule has 3 aromatic rings. The van der Waals surface area contributed by atoms with Gasteiger partial charge in [0.1, 0.15) is 22.2 Å². The van der Waals surface area contributed by atoms with Gasteiger partial charge in [-0.3, -0.25) is 4.79 Å². The number of carbonyl (C=O) groups excluding carboxylic acids is 1. The van der Waals surface area contributed by atoms with Crippen LogP contribution in [0.25, 0.3) is 10.2 Å². The predicted octanol–water partition coefficient (Wildman–Crippen LogP) is 4.63. The van der Waals surface area contributed by atoms with Crippen molar-refractivity contribution in [1.82, 2.24) is 15.3 Å². The van der Waals surface area contributed by atoms with Gasteiger partial charge >= 0.3 is 0 Å². The van der Waals surface area contributed by atoms with Crippen LogP contribution >= 0.6 is 11.3 Å². The fourth-order valence-electron chi connectivity index (χ4n) is 3.97. The minimum Gasteiger partial charge on any atom is -0.494 e. The first kappa shape index (κ1) is 20.6. The van der Waals surface area contributed by atoms with Gasteiger partial charge in [0.25, 0.3) is 5.91 Å². The first-order valence-corrected chi connectivity index (χ1v) is 11.4. The molecule has 0 unspecified atom stereocenters. The predicted molar refractivity (Wildman–Crippen MR) is 122 cm³/mol. The van der Waals surface area contributed by atoms with Crippen LogP contribution in [0.4, 0.5) is 5.82 Å². The molecule has 158 valence electrons. The Kier molecular flexibility index (Phi) is 6.18. The third kappa shape index (κ3) is 4.12. The monoisotopic (exact) mass is 424 g/mol. The van der Waals surface area contributed by atoms with E-state index in [-0.39, 0.29) is 5.91 Å². The lowest BCUT2D eigenvalue weighted by atomic mass is 10.1. The zero-order valence-corrected chi connectivity index (χ0v) is 18.6. The number of hydrogen-bond donors (Lipinski definition) is 1. The van der Waals surface area contributed by atoms with E-state index in [1.807, 2.05) is 45.0 Å². The van der Waals surface area contributed by atoms with Crippen LogP contribution in [0.15, 0.2) is 24.3 Å². The van der Waals surface area contributed by atoms with Crippen molar-refractivity contribution in [3.05, 3.63) is 46.1 Å². The molecule has 1 aliphatic rings. The number of benzene rings is 1. The molecule has 1 saturated heterocycles. The van der Waals surface area contributed by atoms with Gasteiger partial charge < -0.3 is 15.0 Å². The van der Waals surface area contributed by atoms with E-state index in [0.29, 0.717) is 18.0 Å². The Morgan fingerprint density at radius 2 is 1.93 bits per heavy atom. The highest BCUT2D eigenvalue weighted by molar-refractivity contribution is 7.20. The Hall–Kier alpha value is -2.67. The number of amides is 1. The fourth-order valence-corrected chi connectivity index (χ4v) is 5.11. The third-order valence-corrected chi connectivity index (χ3v) is 6.64. The molecule has 0 atom stereocenters. The minimum absolute atomic E-state index is 0.0796. The summed E-state index contributed by atoms with van der Waals surface area (Å²) in [4.78, 5) is 26.4. The van der Waals surface area contributed by atoms with Crippen LogP contribution in [0.2, 0.25) is 0 Å². The van der Waals surface area contributed by atoms with E-state index in [1.165, 1.54) is 30.6 Å². The number of nitrogens with zero attached hydrogens (tertiary/aromatic N) is 3. The van der Waals surface area contributed by atoms with Crippen LogP contribution in [0.3, 0.4) is 0 Å².